The van der Waals surface area contributed by atoms with Crippen molar-refractivity contribution < 1.29 is 25.5 Å². The maximum absolute atomic E-state index is 11.8. The Kier molecular flexibility index (Phi) is 10.5. The van der Waals surface area contributed by atoms with Gasteiger partial charge in [-0.05, 0) is 26.7 Å². The van der Waals surface area contributed by atoms with Crippen LogP contribution in [0.5, 0.6) is 0 Å². The zero-order chi connectivity index (χ0) is 17.2. The van der Waals surface area contributed by atoms with Crippen LogP contribution in [0, 0.1) is 0 Å². The second kappa shape index (κ2) is 10.6. The van der Waals surface area contributed by atoms with Gasteiger partial charge in [-0.2, -0.15) is 16.8 Å². The molecule has 0 saturated heterocycles. The Labute approximate surface area is 135 Å². The van der Waals surface area contributed by atoms with Gasteiger partial charge < -0.3 is 0 Å². The molecule has 0 spiro atoms. The summed E-state index contributed by atoms with van der Waals surface area (Å²) in [6.45, 7) is 7.02. The van der Waals surface area contributed by atoms with E-state index >= 15 is 0 Å². The Morgan fingerprint density at radius 1 is 0.682 bits per heavy atom. The van der Waals surface area contributed by atoms with E-state index in [9.17, 15) is 16.8 Å². The highest BCUT2D eigenvalue weighted by Gasteiger charge is 2.29. The van der Waals surface area contributed by atoms with Crippen molar-refractivity contribution in [3.63, 3.8) is 0 Å². The lowest BCUT2D eigenvalue weighted by Gasteiger charge is -2.14. The highest BCUT2D eigenvalue weighted by atomic mass is 32.2. The van der Waals surface area contributed by atoms with Crippen molar-refractivity contribution in [1.82, 2.24) is 0 Å². The van der Waals surface area contributed by atoms with Gasteiger partial charge in [0.2, 0.25) is 0 Å². The molecule has 8 heteroatoms. The zero-order valence-electron chi connectivity index (χ0n) is 14.1. The minimum absolute atomic E-state index is 0.422. The average molecular weight is 359 g/mol. The van der Waals surface area contributed by atoms with E-state index in [4.69, 9.17) is 0 Å². The summed E-state index contributed by atoms with van der Waals surface area (Å²) in [5.41, 5.74) is 0. The third kappa shape index (κ3) is 8.45. The van der Waals surface area contributed by atoms with Gasteiger partial charge in [0.15, 0.2) is 0 Å². The van der Waals surface area contributed by atoms with Crippen molar-refractivity contribution in [2.75, 3.05) is 0 Å². The minimum atomic E-state index is -4.03. The van der Waals surface area contributed by atoms with Crippen molar-refractivity contribution >= 4 is 20.2 Å². The second-order valence-electron chi connectivity index (χ2n) is 5.73. The molecule has 0 bridgehead atoms. The molecule has 0 N–H and O–H groups in total. The molecule has 0 radical (unpaired) electrons. The Bertz CT molecular complexity index is 437. The van der Waals surface area contributed by atoms with Gasteiger partial charge in [0.05, 0.1) is 10.5 Å². The summed E-state index contributed by atoms with van der Waals surface area (Å²) in [6, 6.07) is 0. The second-order valence-corrected chi connectivity index (χ2v) is 9.59. The van der Waals surface area contributed by atoms with E-state index in [-0.39, 0.29) is 0 Å². The van der Waals surface area contributed by atoms with Crippen LogP contribution in [0.3, 0.4) is 0 Å². The first kappa shape index (κ1) is 21.8. The van der Waals surface area contributed by atoms with Gasteiger partial charge in [0, 0.05) is 0 Å². The molecule has 0 amide bonds. The van der Waals surface area contributed by atoms with Crippen LogP contribution in [-0.2, 0) is 28.9 Å². The lowest BCUT2D eigenvalue weighted by molar-refractivity contribution is -0.0874. The summed E-state index contributed by atoms with van der Waals surface area (Å²) in [4.78, 5) is 0. The van der Waals surface area contributed by atoms with E-state index in [1.54, 1.807) is 0 Å². The van der Waals surface area contributed by atoms with E-state index in [0.717, 1.165) is 38.5 Å². The largest absolute Gasteiger partial charge is 0.297 e. The predicted molar refractivity (Wildman–Crippen MR) is 87.2 cm³/mol. The molecule has 0 aromatic heterocycles. The molecule has 0 aromatic rings. The third-order valence-corrected chi connectivity index (χ3v) is 6.68. The van der Waals surface area contributed by atoms with Gasteiger partial charge in [-0.15, -0.1) is 0 Å². The van der Waals surface area contributed by atoms with Crippen molar-refractivity contribution in [2.45, 2.75) is 89.6 Å². The van der Waals surface area contributed by atoms with E-state index in [1.165, 1.54) is 13.8 Å². The fourth-order valence-corrected chi connectivity index (χ4v) is 3.66. The lowest BCUT2D eigenvalue weighted by Crippen LogP contribution is -2.26. The van der Waals surface area contributed by atoms with Crippen LogP contribution in [0.4, 0.5) is 0 Å². The standard InChI is InChI=1S/C14H30O6S2/c1-5-7-9-11-13(3)21(15,16)19-20-22(17,18)14(4)12-10-8-6-2/h13-14H,5-12H2,1-4H3. The molecule has 0 heterocycles. The fraction of sp³-hybridized carbons (Fsp3) is 1.00. The molecule has 134 valence electrons. The minimum Gasteiger partial charge on any atom is -0.197 e. The van der Waals surface area contributed by atoms with Crippen molar-refractivity contribution in [2.24, 2.45) is 0 Å². The number of unbranched alkanes of at least 4 members (excludes halogenated alkanes) is 4. The quantitative estimate of drug-likeness (QED) is 0.284. The van der Waals surface area contributed by atoms with Crippen LogP contribution < -0.4 is 0 Å². The molecule has 0 aliphatic carbocycles. The van der Waals surface area contributed by atoms with Crippen LogP contribution in [0.1, 0.15) is 79.1 Å². The maximum atomic E-state index is 11.8. The highest BCUT2D eigenvalue weighted by Crippen LogP contribution is 2.17. The molecule has 0 aliphatic rings. The zero-order valence-corrected chi connectivity index (χ0v) is 15.7. The molecular weight excluding hydrogens is 328 g/mol. The fourth-order valence-electron chi connectivity index (χ4n) is 1.86. The first-order chi connectivity index (χ1) is 10.2. The Morgan fingerprint density at radius 3 is 1.27 bits per heavy atom. The van der Waals surface area contributed by atoms with Gasteiger partial charge in [0.25, 0.3) is 20.2 Å². The van der Waals surface area contributed by atoms with Crippen molar-refractivity contribution in [1.29, 1.82) is 0 Å². The molecule has 2 unspecified atom stereocenters. The Morgan fingerprint density at radius 2 is 1.00 bits per heavy atom. The van der Waals surface area contributed by atoms with Gasteiger partial charge in [-0.1, -0.05) is 61.0 Å². The van der Waals surface area contributed by atoms with Gasteiger partial charge in [-0.3, -0.25) is 0 Å². The SMILES string of the molecule is CCCCCC(C)S(=O)(=O)OOS(=O)(=O)C(C)CCCCC. The summed E-state index contributed by atoms with van der Waals surface area (Å²) in [5, 5.41) is -1.57. The van der Waals surface area contributed by atoms with E-state index in [2.05, 4.69) is 8.67 Å². The smallest absolute Gasteiger partial charge is 0.197 e. The summed E-state index contributed by atoms with van der Waals surface area (Å²) in [5.74, 6) is 0. The van der Waals surface area contributed by atoms with E-state index < -0.39 is 30.7 Å². The maximum Gasteiger partial charge on any atom is 0.297 e. The monoisotopic (exact) mass is 358 g/mol. The van der Waals surface area contributed by atoms with Crippen LogP contribution in [0.25, 0.3) is 0 Å². The van der Waals surface area contributed by atoms with Crippen LogP contribution in [-0.4, -0.2) is 27.3 Å². The topological polar surface area (TPSA) is 86.7 Å². The van der Waals surface area contributed by atoms with E-state index in [0.29, 0.717) is 12.8 Å². The van der Waals surface area contributed by atoms with Crippen LogP contribution in [0.2, 0.25) is 0 Å². The van der Waals surface area contributed by atoms with Crippen molar-refractivity contribution in [3.8, 4) is 0 Å². The lowest BCUT2D eigenvalue weighted by atomic mass is 10.2. The molecule has 0 saturated carbocycles. The molecule has 2 atom stereocenters. The number of hydrogen-bond donors (Lipinski definition) is 0. The Hall–Kier alpha value is -0.180. The molecule has 22 heavy (non-hydrogen) atoms. The number of hydrogen-bond acceptors (Lipinski definition) is 6. The first-order valence-corrected chi connectivity index (χ1v) is 11.0. The van der Waals surface area contributed by atoms with E-state index in [1.807, 2.05) is 13.8 Å². The molecule has 0 aromatic carbocycles. The van der Waals surface area contributed by atoms with Crippen LogP contribution in [0.15, 0.2) is 0 Å². The number of rotatable bonds is 13. The summed E-state index contributed by atoms with van der Waals surface area (Å²) in [6.07, 6.45) is 6.15. The summed E-state index contributed by atoms with van der Waals surface area (Å²) in [7, 11) is -8.07. The summed E-state index contributed by atoms with van der Waals surface area (Å²) >= 11 is 0. The average Bonchev–Trinajstić information content (AvgIpc) is 2.45. The van der Waals surface area contributed by atoms with Gasteiger partial charge >= 0.3 is 0 Å². The summed E-state index contributed by atoms with van der Waals surface area (Å²) < 4.78 is 56.0. The molecule has 6 nitrogen and oxygen atoms in total. The molecule has 0 aliphatic heterocycles. The van der Waals surface area contributed by atoms with Gasteiger partial charge in [-0.25, -0.2) is 0 Å². The first-order valence-electron chi connectivity index (χ1n) is 8.02. The normalized spacial score (nSPS) is 15.6. The van der Waals surface area contributed by atoms with Crippen molar-refractivity contribution in [3.05, 3.63) is 0 Å². The van der Waals surface area contributed by atoms with Gasteiger partial charge in [0.1, 0.15) is 0 Å². The highest BCUT2D eigenvalue weighted by molar-refractivity contribution is 7.89. The predicted octanol–water partition coefficient (Wildman–Crippen LogP) is 3.53. The molecule has 0 fully saturated rings. The molecular formula is C14H30O6S2. The molecule has 0 rings (SSSR count). The van der Waals surface area contributed by atoms with Crippen LogP contribution >= 0.6 is 0 Å². The Balaban J connectivity index is 4.43. The third-order valence-electron chi connectivity index (χ3n) is 3.63.